The van der Waals surface area contributed by atoms with Gasteiger partial charge in [0.25, 0.3) is 0 Å². The quantitative estimate of drug-likeness (QED) is 0.154. The molecule has 0 aliphatic carbocycles. The maximum absolute atomic E-state index is 15.3. The Morgan fingerprint density at radius 2 is 1.02 bits per heavy atom. The van der Waals surface area contributed by atoms with Gasteiger partial charge in [0.05, 0.1) is 11.0 Å². The molecule has 0 spiro atoms. The lowest BCUT2D eigenvalue weighted by atomic mass is 10.1. The third kappa shape index (κ3) is 3.46. The van der Waals surface area contributed by atoms with Gasteiger partial charge in [-0.3, -0.25) is 8.97 Å². The Hall–Kier alpha value is -5.44. The number of hydrogen-bond acceptors (Lipinski definition) is 2. The molecule has 0 N–H and O–H groups in total. The molecule has 3 heterocycles. The number of benzene rings is 6. The summed E-state index contributed by atoms with van der Waals surface area (Å²) in [6, 6.07) is 53.4. The van der Waals surface area contributed by atoms with E-state index in [0.29, 0.717) is 0 Å². The number of para-hydroxylation sites is 2. The van der Waals surface area contributed by atoms with E-state index in [1.54, 1.807) is 0 Å². The summed E-state index contributed by atoms with van der Waals surface area (Å²) in [5.41, 5.74) is 5.97. The highest BCUT2D eigenvalue weighted by Crippen LogP contribution is 2.43. The molecule has 0 saturated carbocycles. The Bertz CT molecular complexity index is 2540. The maximum atomic E-state index is 15.3. The Morgan fingerprint density at radius 1 is 0.477 bits per heavy atom. The Kier molecular flexibility index (Phi) is 5.44. The van der Waals surface area contributed by atoms with Gasteiger partial charge in [0, 0.05) is 37.8 Å². The standard InChI is InChI=1S/C39H26N3OP/c43-44(28-15-3-1-4-16-28,29-17-5-2-6-18-29)30-19-13-14-27(26-30)41-36-25-12-10-23-34(36)37-39(41)42-35-24-11-9-21-32(35)31-20-7-8-22-33(31)38(42)40-37/h1-26H. The largest absolute Gasteiger partial charge is 0.309 e. The van der Waals surface area contributed by atoms with Crippen LogP contribution in [0.15, 0.2) is 158 Å². The van der Waals surface area contributed by atoms with Crippen LogP contribution in [-0.2, 0) is 4.57 Å². The minimum Gasteiger partial charge on any atom is -0.309 e. The van der Waals surface area contributed by atoms with E-state index in [-0.39, 0.29) is 0 Å². The number of hydrogen-bond donors (Lipinski definition) is 0. The molecule has 0 saturated heterocycles. The SMILES string of the molecule is O=P(c1ccccc1)(c1ccccc1)c1cccc(-n2c3ccccc3c3nc4c5ccccc5c5ccccc5n4c32)c1. The summed E-state index contributed by atoms with van der Waals surface area (Å²) in [6.07, 6.45) is 0. The van der Waals surface area contributed by atoms with Gasteiger partial charge in [-0.1, -0.05) is 133 Å². The average molecular weight is 584 g/mol. The van der Waals surface area contributed by atoms with E-state index in [4.69, 9.17) is 4.98 Å². The van der Waals surface area contributed by atoms with Crippen LogP contribution in [0.4, 0.5) is 0 Å². The Balaban J connectivity index is 1.41. The second-order valence-corrected chi connectivity index (χ2v) is 13.9. The molecule has 208 valence electrons. The molecule has 0 bridgehead atoms. The monoisotopic (exact) mass is 583 g/mol. The van der Waals surface area contributed by atoms with E-state index < -0.39 is 7.14 Å². The van der Waals surface area contributed by atoms with E-state index in [0.717, 1.165) is 60.2 Å². The van der Waals surface area contributed by atoms with Crippen LogP contribution in [0.2, 0.25) is 0 Å². The van der Waals surface area contributed by atoms with Crippen molar-refractivity contribution in [1.82, 2.24) is 14.0 Å². The van der Waals surface area contributed by atoms with Crippen molar-refractivity contribution in [2.45, 2.75) is 0 Å². The lowest BCUT2D eigenvalue weighted by Crippen LogP contribution is -2.25. The predicted molar refractivity (Wildman–Crippen MR) is 184 cm³/mol. The highest BCUT2D eigenvalue weighted by Gasteiger charge is 2.30. The van der Waals surface area contributed by atoms with Crippen molar-refractivity contribution < 1.29 is 4.57 Å². The van der Waals surface area contributed by atoms with Crippen LogP contribution in [-0.4, -0.2) is 14.0 Å². The van der Waals surface area contributed by atoms with Crippen LogP contribution < -0.4 is 15.9 Å². The molecular formula is C39H26N3OP. The molecule has 0 unspecified atom stereocenters. The number of fused-ring (bicyclic) bond motifs is 10. The molecule has 44 heavy (non-hydrogen) atoms. The van der Waals surface area contributed by atoms with Crippen LogP contribution in [0.1, 0.15) is 0 Å². The molecule has 3 aromatic heterocycles. The van der Waals surface area contributed by atoms with Gasteiger partial charge < -0.3 is 4.57 Å². The van der Waals surface area contributed by atoms with Crippen molar-refractivity contribution in [3.8, 4) is 5.69 Å². The smallest absolute Gasteiger partial charge is 0.171 e. The molecule has 6 aromatic carbocycles. The fraction of sp³-hybridized carbons (Fsp3) is 0. The zero-order valence-electron chi connectivity index (χ0n) is 23.7. The van der Waals surface area contributed by atoms with Crippen molar-refractivity contribution in [2.75, 3.05) is 0 Å². The number of pyridine rings is 1. The molecule has 0 amide bonds. The van der Waals surface area contributed by atoms with Crippen LogP contribution in [0.5, 0.6) is 0 Å². The molecule has 4 nitrogen and oxygen atoms in total. The van der Waals surface area contributed by atoms with Gasteiger partial charge in [-0.05, 0) is 29.7 Å². The highest BCUT2D eigenvalue weighted by atomic mass is 31.2. The van der Waals surface area contributed by atoms with Gasteiger partial charge in [-0.2, -0.15) is 0 Å². The molecule has 0 radical (unpaired) electrons. The molecule has 9 aromatic rings. The lowest BCUT2D eigenvalue weighted by Gasteiger charge is -2.21. The van der Waals surface area contributed by atoms with Gasteiger partial charge in [0.15, 0.2) is 12.8 Å². The van der Waals surface area contributed by atoms with Crippen molar-refractivity contribution in [2.24, 2.45) is 0 Å². The molecule has 0 fully saturated rings. The number of aromatic nitrogens is 3. The van der Waals surface area contributed by atoms with Crippen LogP contribution in [0, 0.1) is 0 Å². The molecule has 0 atom stereocenters. The van der Waals surface area contributed by atoms with Gasteiger partial charge in [-0.25, -0.2) is 4.98 Å². The molecule has 0 aliphatic rings. The van der Waals surface area contributed by atoms with E-state index in [9.17, 15) is 0 Å². The number of nitrogens with zero attached hydrogens (tertiary/aromatic N) is 3. The fourth-order valence-corrected chi connectivity index (χ4v) is 9.50. The van der Waals surface area contributed by atoms with Crippen molar-refractivity contribution >= 4 is 72.4 Å². The first-order valence-electron chi connectivity index (χ1n) is 14.8. The van der Waals surface area contributed by atoms with Gasteiger partial charge in [-0.15, -0.1) is 0 Å². The third-order valence-corrected chi connectivity index (χ3v) is 11.8. The van der Waals surface area contributed by atoms with E-state index in [1.165, 1.54) is 10.8 Å². The molecular weight excluding hydrogens is 557 g/mol. The van der Waals surface area contributed by atoms with E-state index in [1.807, 2.05) is 72.8 Å². The normalized spacial score (nSPS) is 12.2. The van der Waals surface area contributed by atoms with Gasteiger partial charge in [0.2, 0.25) is 0 Å². The maximum Gasteiger partial charge on any atom is 0.171 e. The number of rotatable bonds is 4. The first-order valence-corrected chi connectivity index (χ1v) is 16.5. The average Bonchev–Trinajstić information content (AvgIpc) is 3.64. The summed E-state index contributed by atoms with van der Waals surface area (Å²) >= 11 is 0. The summed E-state index contributed by atoms with van der Waals surface area (Å²) in [7, 11) is -3.17. The molecule has 0 aliphatic heterocycles. The summed E-state index contributed by atoms with van der Waals surface area (Å²) in [4.78, 5) is 5.32. The highest BCUT2D eigenvalue weighted by molar-refractivity contribution is 7.85. The lowest BCUT2D eigenvalue weighted by molar-refractivity contribution is 0.592. The van der Waals surface area contributed by atoms with Crippen molar-refractivity contribution in [3.05, 3.63) is 158 Å². The Morgan fingerprint density at radius 3 is 1.73 bits per heavy atom. The van der Waals surface area contributed by atoms with Crippen LogP contribution in [0.3, 0.4) is 0 Å². The second kappa shape index (κ2) is 9.54. The first kappa shape index (κ1) is 25.1. The van der Waals surface area contributed by atoms with Crippen LogP contribution in [0.25, 0.3) is 55.1 Å². The fourth-order valence-electron chi connectivity index (χ4n) is 6.81. The Labute approximate surface area is 253 Å². The molecule has 9 rings (SSSR count). The zero-order valence-corrected chi connectivity index (χ0v) is 24.6. The van der Waals surface area contributed by atoms with Crippen molar-refractivity contribution in [1.29, 1.82) is 0 Å². The predicted octanol–water partition coefficient (Wildman–Crippen LogP) is 8.38. The minimum absolute atomic E-state index is 0.794. The summed E-state index contributed by atoms with van der Waals surface area (Å²) in [5.74, 6) is 0. The summed E-state index contributed by atoms with van der Waals surface area (Å²) < 4.78 is 19.9. The summed E-state index contributed by atoms with van der Waals surface area (Å²) in [5, 5.41) is 6.99. The zero-order chi connectivity index (χ0) is 29.3. The topological polar surface area (TPSA) is 39.3 Å². The van der Waals surface area contributed by atoms with E-state index in [2.05, 4.69) is 93.9 Å². The van der Waals surface area contributed by atoms with E-state index >= 15 is 4.57 Å². The molecule has 5 heteroatoms. The summed E-state index contributed by atoms with van der Waals surface area (Å²) in [6.45, 7) is 0. The van der Waals surface area contributed by atoms with Crippen molar-refractivity contribution in [3.63, 3.8) is 0 Å². The first-order chi connectivity index (χ1) is 21.7. The van der Waals surface area contributed by atoms with Gasteiger partial charge >= 0.3 is 0 Å². The van der Waals surface area contributed by atoms with Gasteiger partial charge in [0.1, 0.15) is 11.2 Å². The minimum atomic E-state index is -3.17. The second-order valence-electron chi connectivity index (χ2n) is 11.2. The third-order valence-electron chi connectivity index (χ3n) is 8.76. The number of imidazole rings is 1. The van der Waals surface area contributed by atoms with Crippen LogP contribution >= 0.6 is 7.14 Å².